The molecular weight excluding hydrogens is 412 g/mol. The Hall–Kier alpha value is -2.17. The van der Waals surface area contributed by atoms with Crippen LogP contribution in [0, 0.1) is 0 Å². The van der Waals surface area contributed by atoms with Crippen LogP contribution in [0.25, 0.3) is 33.2 Å². The van der Waals surface area contributed by atoms with Gasteiger partial charge in [-0.25, -0.2) is 0 Å². The van der Waals surface area contributed by atoms with Crippen LogP contribution in [0.15, 0.2) is 65.2 Å². The Morgan fingerprint density at radius 2 is 1.79 bits per heavy atom. The van der Waals surface area contributed by atoms with E-state index in [2.05, 4.69) is 47.5 Å². The zero-order valence-corrected chi connectivity index (χ0v) is 17.4. The van der Waals surface area contributed by atoms with Gasteiger partial charge in [0.2, 0.25) is 0 Å². The number of halogens is 1. The van der Waals surface area contributed by atoms with E-state index in [0.717, 1.165) is 33.2 Å². The fraction of sp³-hybridized carbons (Fsp3) is 0.292. The molecule has 0 aliphatic carbocycles. The molecule has 2 bridgehead atoms. The molecule has 4 aromatic rings. The average Bonchev–Trinajstić information content (AvgIpc) is 3.25. The summed E-state index contributed by atoms with van der Waals surface area (Å²) in [5.41, 5.74) is 5.78. The quantitative estimate of drug-likeness (QED) is 0.389. The minimum absolute atomic E-state index is 0. The number of pyridine rings is 1. The second-order valence-corrected chi connectivity index (χ2v) is 8.12. The molecule has 0 amide bonds. The monoisotopic (exact) mass is 434 g/mol. The van der Waals surface area contributed by atoms with E-state index in [9.17, 15) is 0 Å². The van der Waals surface area contributed by atoms with Crippen molar-refractivity contribution < 1.29 is 4.42 Å². The maximum atomic E-state index is 6.04. The number of furan rings is 1. The largest absolute Gasteiger partial charge is 0.456 e. The molecule has 142 valence electrons. The normalized spacial score (nSPS) is 23.8. The van der Waals surface area contributed by atoms with E-state index in [0.29, 0.717) is 5.41 Å². The molecule has 6 rings (SSSR count). The summed E-state index contributed by atoms with van der Waals surface area (Å²) < 4.78 is 6.04. The van der Waals surface area contributed by atoms with E-state index >= 15 is 0 Å². The maximum Gasteiger partial charge on any atom is 0.136 e. The van der Waals surface area contributed by atoms with Crippen molar-refractivity contribution in [3.63, 3.8) is 0 Å². The zero-order chi connectivity index (χ0) is 17.8. The minimum atomic E-state index is 0. The van der Waals surface area contributed by atoms with Crippen LogP contribution >= 0.6 is 17.0 Å². The highest BCUT2D eigenvalue weighted by atomic mass is 79.9. The summed E-state index contributed by atoms with van der Waals surface area (Å²) in [5.74, 6) is 0. The van der Waals surface area contributed by atoms with Crippen LogP contribution in [0.5, 0.6) is 0 Å². The first-order chi connectivity index (χ1) is 13.3. The van der Waals surface area contributed by atoms with E-state index in [1.807, 2.05) is 18.2 Å². The molecule has 2 aromatic carbocycles. The first kappa shape index (κ1) is 17.9. The van der Waals surface area contributed by atoms with E-state index < -0.39 is 0 Å². The minimum Gasteiger partial charge on any atom is -0.456 e. The predicted molar refractivity (Wildman–Crippen MR) is 119 cm³/mol. The molecule has 2 aliphatic heterocycles. The van der Waals surface area contributed by atoms with Crippen LogP contribution in [-0.4, -0.2) is 29.5 Å². The van der Waals surface area contributed by atoms with Crippen LogP contribution in [-0.2, 0) is 5.41 Å². The number of rotatable bonds is 2. The molecular formula is C24H23BrN2O. The fourth-order valence-corrected chi connectivity index (χ4v) is 5.23. The predicted octanol–water partition coefficient (Wildman–Crippen LogP) is 5.96. The molecule has 2 fully saturated rings. The summed E-state index contributed by atoms with van der Waals surface area (Å²) in [7, 11) is 0. The van der Waals surface area contributed by atoms with Gasteiger partial charge in [0.1, 0.15) is 11.2 Å². The second kappa shape index (κ2) is 6.71. The molecule has 2 aliphatic rings. The van der Waals surface area contributed by atoms with Gasteiger partial charge in [0.25, 0.3) is 0 Å². The lowest BCUT2D eigenvalue weighted by Crippen LogP contribution is -2.36. The standard InChI is InChI=1S/C24H22N2O.BrH/c1-2-7-21-19(5-1)23-18(6-3-8-22(23)27-21)20-10-9-17(15-25-20)24-11-4-13-26(16-24)14-12-24;/h1-3,5-10,15H,4,11-14,16H2;1H. The number of fused-ring (bicyclic) bond motifs is 5. The van der Waals surface area contributed by atoms with Gasteiger partial charge in [0.15, 0.2) is 0 Å². The highest BCUT2D eigenvalue weighted by molar-refractivity contribution is 8.93. The molecule has 0 N–H and O–H groups in total. The van der Waals surface area contributed by atoms with E-state index in [-0.39, 0.29) is 17.0 Å². The Balaban J connectivity index is 0.00000171. The summed E-state index contributed by atoms with van der Waals surface area (Å²) in [6, 6.07) is 19.0. The van der Waals surface area contributed by atoms with Gasteiger partial charge < -0.3 is 9.32 Å². The fourth-order valence-electron chi connectivity index (χ4n) is 5.23. The van der Waals surface area contributed by atoms with Gasteiger partial charge in [-0.1, -0.05) is 36.4 Å². The summed E-state index contributed by atoms with van der Waals surface area (Å²) in [6.45, 7) is 3.71. The third-order valence-electron chi connectivity index (χ3n) is 6.62. The number of hydrogen-bond acceptors (Lipinski definition) is 3. The van der Waals surface area contributed by atoms with E-state index in [4.69, 9.17) is 9.40 Å². The molecule has 0 saturated carbocycles. The van der Waals surface area contributed by atoms with Gasteiger partial charge in [0, 0.05) is 34.5 Å². The number of nitrogens with zero attached hydrogens (tertiary/aromatic N) is 2. The number of benzene rings is 2. The lowest BCUT2D eigenvalue weighted by Gasteiger charge is -2.34. The van der Waals surface area contributed by atoms with Crippen molar-refractivity contribution >= 4 is 38.9 Å². The molecule has 3 nitrogen and oxygen atoms in total. The molecule has 4 heteroatoms. The van der Waals surface area contributed by atoms with Crippen molar-refractivity contribution in [3.05, 3.63) is 66.4 Å². The second-order valence-electron chi connectivity index (χ2n) is 8.12. The number of para-hydroxylation sites is 1. The van der Waals surface area contributed by atoms with Gasteiger partial charge in [0.05, 0.1) is 5.69 Å². The van der Waals surface area contributed by atoms with Crippen LogP contribution < -0.4 is 0 Å². The topological polar surface area (TPSA) is 29.3 Å². The van der Waals surface area contributed by atoms with Crippen molar-refractivity contribution in [1.82, 2.24) is 9.88 Å². The Kier molecular flexibility index (Phi) is 4.29. The van der Waals surface area contributed by atoms with Crippen LogP contribution in [0.4, 0.5) is 0 Å². The van der Waals surface area contributed by atoms with Gasteiger partial charge in [-0.3, -0.25) is 4.98 Å². The number of piperidine rings is 1. The molecule has 0 radical (unpaired) electrons. The summed E-state index contributed by atoms with van der Waals surface area (Å²) in [4.78, 5) is 7.52. The Bertz CT molecular complexity index is 1150. The molecule has 2 atom stereocenters. The van der Waals surface area contributed by atoms with Crippen molar-refractivity contribution in [3.8, 4) is 11.3 Å². The smallest absolute Gasteiger partial charge is 0.136 e. The van der Waals surface area contributed by atoms with Gasteiger partial charge >= 0.3 is 0 Å². The third-order valence-corrected chi connectivity index (χ3v) is 6.62. The Labute approximate surface area is 175 Å². The average molecular weight is 435 g/mol. The maximum absolute atomic E-state index is 6.04. The molecule has 0 spiro atoms. The van der Waals surface area contributed by atoms with Crippen LogP contribution in [0.3, 0.4) is 0 Å². The van der Waals surface area contributed by atoms with Gasteiger partial charge in [-0.05, 0) is 56.1 Å². The van der Waals surface area contributed by atoms with Gasteiger partial charge in [-0.2, -0.15) is 0 Å². The number of hydrogen-bond donors (Lipinski definition) is 0. The third kappa shape index (κ3) is 2.62. The molecule has 2 aromatic heterocycles. The van der Waals surface area contributed by atoms with Crippen molar-refractivity contribution in [1.29, 1.82) is 0 Å². The summed E-state index contributed by atoms with van der Waals surface area (Å²) in [5, 5.41) is 2.32. The van der Waals surface area contributed by atoms with Crippen molar-refractivity contribution in [2.75, 3.05) is 19.6 Å². The highest BCUT2D eigenvalue weighted by Crippen LogP contribution is 2.42. The molecule has 2 saturated heterocycles. The SMILES string of the molecule is Br.c1ccc2c(c1)oc1cccc(-c3ccc(C45CCCN(CC4)C5)cn3)c12. The first-order valence-electron chi connectivity index (χ1n) is 9.92. The molecule has 4 heterocycles. The Morgan fingerprint density at radius 3 is 2.68 bits per heavy atom. The Morgan fingerprint density at radius 1 is 0.893 bits per heavy atom. The van der Waals surface area contributed by atoms with Crippen molar-refractivity contribution in [2.24, 2.45) is 0 Å². The van der Waals surface area contributed by atoms with Crippen LogP contribution in [0.2, 0.25) is 0 Å². The lowest BCUT2D eigenvalue weighted by atomic mass is 9.75. The van der Waals surface area contributed by atoms with E-state index in [1.165, 1.54) is 44.5 Å². The zero-order valence-electron chi connectivity index (χ0n) is 15.7. The summed E-state index contributed by atoms with van der Waals surface area (Å²) >= 11 is 0. The lowest BCUT2D eigenvalue weighted by molar-refractivity contribution is 0.243. The van der Waals surface area contributed by atoms with Gasteiger partial charge in [-0.15, -0.1) is 17.0 Å². The summed E-state index contributed by atoms with van der Waals surface area (Å²) in [6.07, 6.45) is 6.01. The van der Waals surface area contributed by atoms with Crippen LogP contribution in [0.1, 0.15) is 24.8 Å². The molecule has 28 heavy (non-hydrogen) atoms. The van der Waals surface area contributed by atoms with E-state index in [1.54, 1.807) is 0 Å². The molecule has 2 unspecified atom stereocenters. The number of aromatic nitrogens is 1. The first-order valence-corrected chi connectivity index (χ1v) is 9.92. The highest BCUT2D eigenvalue weighted by Gasteiger charge is 2.42. The van der Waals surface area contributed by atoms with Crippen molar-refractivity contribution in [2.45, 2.75) is 24.7 Å².